The molecule has 9 heteroatoms. The smallest absolute Gasteiger partial charge is 0.256 e. The maximum absolute atomic E-state index is 13.0. The number of thiophene rings is 2. The lowest BCUT2D eigenvalue weighted by Crippen LogP contribution is -2.12. The number of nitrogens with one attached hydrogen (secondary N) is 2. The first-order valence-electron chi connectivity index (χ1n) is 14.4. The number of ether oxygens (including phenoxy) is 1. The predicted octanol–water partition coefficient (Wildman–Crippen LogP) is 8.10. The summed E-state index contributed by atoms with van der Waals surface area (Å²) in [6, 6.07) is 18.2. The fourth-order valence-electron chi connectivity index (χ4n) is 5.75. The van der Waals surface area contributed by atoms with Crippen LogP contribution in [-0.4, -0.2) is 11.8 Å². The van der Waals surface area contributed by atoms with E-state index in [0.717, 1.165) is 49.7 Å². The van der Waals surface area contributed by atoms with Gasteiger partial charge in [0.05, 0.1) is 11.1 Å². The standard InChI is InChI=1S/C34H30N4O3S2/c1-19-3-13-25-27(17-35)33(42-29(25)15-19)37-31(39)21-5-9-23(10-6-21)41-24-11-7-22(8-12-24)32(40)38-34-28(18-36)26-14-4-20(2)16-30(26)43-34/h5-12,19-20H,3-4,13-16H2,1-2H3,(H,37,39)(H,38,40). The molecule has 43 heavy (non-hydrogen) atoms. The molecule has 6 rings (SSSR count). The molecule has 2 heterocycles. The Balaban J connectivity index is 1.08. The number of carbonyl (C=O) groups excluding carboxylic acids is 2. The molecule has 2 aromatic heterocycles. The third-order valence-electron chi connectivity index (χ3n) is 8.17. The molecule has 0 bridgehead atoms. The SMILES string of the molecule is CC1CCc2c(sc(NC(=O)c3ccc(Oc4ccc(C(=O)Nc5sc6c(c5C#N)CCC(C)C6)cc4)cc3)c2C#N)C1. The Morgan fingerprint density at radius 1 is 0.721 bits per heavy atom. The summed E-state index contributed by atoms with van der Waals surface area (Å²) in [5.41, 5.74) is 4.27. The molecule has 0 spiro atoms. The van der Waals surface area contributed by atoms with Crippen LogP contribution in [0.4, 0.5) is 10.0 Å². The summed E-state index contributed by atoms with van der Waals surface area (Å²) in [7, 11) is 0. The van der Waals surface area contributed by atoms with Crippen molar-refractivity contribution in [3.05, 3.63) is 91.7 Å². The first-order chi connectivity index (χ1) is 20.8. The van der Waals surface area contributed by atoms with E-state index in [1.165, 1.54) is 32.4 Å². The van der Waals surface area contributed by atoms with Crippen molar-refractivity contribution >= 4 is 44.5 Å². The number of nitrogens with zero attached hydrogens (tertiary/aromatic N) is 2. The maximum Gasteiger partial charge on any atom is 0.256 e. The van der Waals surface area contributed by atoms with Crippen LogP contribution in [0.25, 0.3) is 0 Å². The zero-order chi connectivity index (χ0) is 30.1. The Bertz CT molecular complexity index is 1660. The van der Waals surface area contributed by atoms with E-state index < -0.39 is 0 Å². The van der Waals surface area contributed by atoms with Gasteiger partial charge in [-0.05, 0) is 110 Å². The number of hydrogen-bond donors (Lipinski definition) is 2. The third kappa shape index (κ3) is 5.92. The van der Waals surface area contributed by atoms with Crippen LogP contribution in [-0.2, 0) is 25.7 Å². The van der Waals surface area contributed by atoms with E-state index in [-0.39, 0.29) is 11.8 Å². The van der Waals surface area contributed by atoms with Crippen molar-refractivity contribution < 1.29 is 14.3 Å². The average molecular weight is 607 g/mol. The molecule has 0 radical (unpaired) electrons. The van der Waals surface area contributed by atoms with Crippen molar-refractivity contribution in [1.82, 2.24) is 0 Å². The maximum atomic E-state index is 13.0. The molecule has 2 aliphatic carbocycles. The van der Waals surface area contributed by atoms with Gasteiger partial charge >= 0.3 is 0 Å². The van der Waals surface area contributed by atoms with Gasteiger partial charge in [0.1, 0.15) is 33.6 Å². The molecule has 2 aromatic carbocycles. The van der Waals surface area contributed by atoms with E-state index >= 15 is 0 Å². The lowest BCUT2D eigenvalue weighted by atomic mass is 9.88. The Hall–Kier alpha value is -4.44. The van der Waals surface area contributed by atoms with Gasteiger partial charge in [-0.15, -0.1) is 22.7 Å². The van der Waals surface area contributed by atoms with Crippen molar-refractivity contribution in [2.24, 2.45) is 11.8 Å². The van der Waals surface area contributed by atoms with Gasteiger partial charge in [0.15, 0.2) is 0 Å². The van der Waals surface area contributed by atoms with Crippen molar-refractivity contribution in [2.45, 2.75) is 52.4 Å². The van der Waals surface area contributed by atoms with Gasteiger partial charge in [-0.1, -0.05) is 13.8 Å². The summed E-state index contributed by atoms with van der Waals surface area (Å²) >= 11 is 3.02. The minimum Gasteiger partial charge on any atom is -0.457 e. The fourth-order valence-corrected chi connectivity index (χ4v) is 8.46. The van der Waals surface area contributed by atoms with Crippen LogP contribution < -0.4 is 15.4 Å². The molecule has 2 unspecified atom stereocenters. The van der Waals surface area contributed by atoms with E-state index in [1.807, 2.05) is 0 Å². The Morgan fingerprint density at radius 2 is 1.12 bits per heavy atom. The Kier molecular flexibility index (Phi) is 8.03. The summed E-state index contributed by atoms with van der Waals surface area (Å²) in [4.78, 5) is 28.3. The van der Waals surface area contributed by atoms with E-state index in [0.29, 0.717) is 55.6 Å². The van der Waals surface area contributed by atoms with E-state index in [2.05, 4.69) is 36.6 Å². The minimum absolute atomic E-state index is 0.272. The fraction of sp³-hybridized carbons (Fsp3) is 0.294. The van der Waals surface area contributed by atoms with Crippen molar-refractivity contribution in [3.8, 4) is 23.6 Å². The number of hydrogen-bond acceptors (Lipinski definition) is 7. The second-order valence-corrected chi connectivity index (χ2v) is 13.6. The zero-order valence-electron chi connectivity index (χ0n) is 24.0. The molecule has 0 saturated heterocycles. The lowest BCUT2D eigenvalue weighted by Gasteiger charge is -2.17. The van der Waals surface area contributed by atoms with Gasteiger partial charge in [0, 0.05) is 20.9 Å². The van der Waals surface area contributed by atoms with Gasteiger partial charge in [-0.3, -0.25) is 9.59 Å². The van der Waals surface area contributed by atoms with Crippen LogP contribution in [0.3, 0.4) is 0 Å². The molecule has 0 aliphatic heterocycles. The topological polar surface area (TPSA) is 115 Å². The van der Waals surface area contributed by atoms with Crippen LogP contribution in [0, 0.1) is 34.5 Å². The summed E-state index contributed by atoms with van der Waals surface area (Å²) in [5, 5.41) is 26.6. The van der Waals surface area contributed by atoms with Crippen LogP contribution in [0.1, 0.15) is 79.4 Å². The molecular weight excluding hydrogens is 577 g/mol. The van der Waals surface area contributed by atoms with Crippen LogP contribution in [0.2, 0.25) is 0 Å². The molecule has 0 fully saturated rings. The summed E-state index contributed by atoms with van der Waals surface area (Å²) < 4.78 is 5.94. The molecule has 2 atom stereocenters. The van der Waals surface area contributed by atoms with E-state index in [4.69, 9.17) is 4.74 Å². The molecule has 216 valence electrons. The third-order valence-corrected chi connectivity index (χ3v) is 10.5. The average Bonchev–Trinajstić information content (AvgIpc) is 3.52. The number of anilines is 2. The van der Waals surface area contributed by atoms with E-state index in [9.17, 15) is 20.1 Å². The predicted molar refractivity (Wildman–Crippen MR) is 169 cm³/mol. The number of carbonyl (C=O) groups is 2. The Morgan fingerprint density at radius 3 is 1.49 bits per heavy atom. The number of amides is 2. The monoisotopic (exact) mass is 606 g/mol. The quantitative estimate of drug-likeness (QED) is 0.230. The highest BCUT2D eigenvalue weighted by Crippen LogP contribution is 2.40. The molecule has 2 N–H and O–H groups in total. The van der Waals surface area contributed by atoms with Crippen molar-refractivity contribution in [3.63, 3.8) is 0 Å². The molecular formula is C34H30N4O3S2. The summed E-state index contributed by atoms with van der Waals surface area (Å²) in [6.07, 6.45) is 5.76. The second kappa shape index (κ2) is 12.0. The summed E-state index contributed by atoms with van der Waals surface area (Å²) in [5.74, 6) is 1.71. The van der Waals surface area contributed by atoms with Crippen molar-refractivity contribution in [2.75, 3.05) is 10.6 Å². The van der Waals surface area contributed by atoms with Crippen LogP contribution in [0.5, 0.6) is 11.5 Å². The highest BCUT2D eigenvalue weighted by molar-refractivity contribution is 7.17. The summed E-state index contributed by atoms with van der Waals surface area (Å²) in [6.45, 7) is 4.43. The second-order valence-electron chi connectivity index (χ2n) is 11.4. The van der Waals surface area contributed by atoms with Crippen LogP contribution in [0.15, 0.2) is 48.5 Å². The van der Waals surface area contributed by atoms with Crippen molar-refractivity contribution in [1.29, 1.82) is 10.5 Å². The molecule has 2 aliphatic rings. The van der Waals surface area contributed by atoms with Gasteiger partial charge in [-0.25, -0.2) is 0 Å². The normalized spacial score (nSPS) is 17.1. The number of fused-ring (bicyclic) bond motifs is 2. The van der Waals surface area contributed by atoms with Gasteiger partial charge < -0.3 is 15.4 Å². The highest BCUT2D eigenvalue weighted by Gasteiger charge is 2.26. The van der Waals surface area contributed by atoms with Gasteiger partial charge in [0.2, 0.25) is 0 Å². The number of rotatable bonds is 6. The molecule has 0 saturated carbocycles. The largest absolute Gasteiger partial charge is 0.457 e. The van der Waals surface area contributed by atoms with Crippen LogP contribution >= 0.6 is 22.7 Å². The lowest BCUT2D eigenvalue weighted by molar-refractivity contribution is 0.101. The number of benzene rings is 2. The van der Waals surface area contributed by atoms with Gasteiger partial charge in [-0.2, -0.15) is 10.5 Å². The molecule has 7 nitrogen and oxygen atoms in total. The highest BCUT2D eigenvalue weighted by atomic mass is 32.1. The Labute approximate surface area is 258 Å². The molecule has 4 aromatic rings. The first-order valence-corrected chi connectivity index (χ1v) is 16.1. The van der Waals surface area contributed by atoms with Gasteiger partial charge in [0.25, 0.3) is 11.8 Å². The molecule has 2 amide bonds. The zero-order valence-corrected chi connectivity index (χ0v) is 25.6. The minimum atomic E-state index is -0.272. The number of nitriles is 2. The first kappa shape index (κ1) is 28.7. The van der Waals surface area contributed by atoms with E-state index in [1.54, 1.807) is 48.5 Å².